The molecule has 1 aromatic carbocycles. The van der Waals surface area contributed by atoms with Crippen molar-refractivity contribution in [2.45, 2.75) is 19.6 Å². The number of anilines is 1. The Morgan fingerprint density at radius 3 is 2.59 bits per heavy atom. The van der Waals surface area contributed by atoms with E-state index in [1.54, 1.807) is 18.2 Å². The number of hydrogen-bond donors (Lipinski definition) is 1. The number of aryl methyl sites for hydroxylation is 1. The van der Waals surface area contributed by atoms with Crippen LogP contribution in [-0.2, 0) is 12.7 Å². The van der Waals surface area contributed by atoms with Crippen LogP contribution < -0.4 is 5.32 Å². The number of nitrogens with zero attached hydrogens (tertiary/aromatic N) is 4. The summed E-state index contributed by atoms with van der Waals surface area (Å²) < 4.78 is 41.5. The van der Waals surface area contributed by atoms with Crippen LogP contribution in [0.25, 0.3) is 5.69 Å². The molecule has 0 aliphatic heterocycles. The molecule has 0 aliphatic carbocycles. The predicted octanol–water partition coefficient (Wildman–Crippen LogP) is 4.32. The lowest BCUT2D eigenvalue weighted by atomic mass is 10.3. The highest BCUT2D eigenvalue weighted by Gasteiger charge is 2.39. The van der Waals surface area contributed by atoms with Crippen LogP contribution in [0.3, 0.4) is 0 Å². The molecule has 0 bridgehead atoms. The molecule has 142 valence electrons. The topological polar surface area (TPSA) is 63.1 Å². The molecule has 0 saturated heterocycles. The maximum Gasteiger partial charge on any atom is 0.435 e. The van der Waals surface area contributed by atoms with E-state index in [1.807, 2.05) is 12.3 Å². The molecule has 0 unspecified atom stereocenters. The van der Waals surface area contributed by atoms with Crippen molar-refractivity contribution in [3.05, 3.63) is 58.3 Å². The lowest BCUT2D eigenvalue weighted by Crippen LogP contribution is -2.31. The first-order valence-electron chi connectivity index (χ1n) is 7.89. The first-order chi connectivity index (χ1) is 12.8. The van der Waals surface area contributed by atoms with Gasteiger partial charge in [0.1, 0.15) is 5.01 Å². The van der Waals surface area contributed by atoms with Crippen LogP contribution in [0.15, 0.2) is 41.9 Å². The maximum atomic E-state index is 13.6. The number of rotatable bonds is 4. The maximum absolute atomic E-state index is 13.6. The van der Waals surface area contributed by atoms with Crippen LogP contribution in [0.1, 0.15) is 16.4 Å². The van der Waals surface area contributed by atoms with Crippen molar-refractivity contribution in [3.8, 4) is 5.69 Å². The Kier molecular flexibility index (Phi) is 5.17. The first kappa shape index (κ1) is 18.9. The summed E-state index contributed by atoms with van der Waals surface area (Å²) in [7, 11) is 1.49. The average molecular weight is 395 g/mol. The van der Waals surface area contributed by atoms with E-state index in [9.17, 15) is 18.0 Å². The minimum absolute atomic E-state index is 0.193. The summed E-state index contributed by atoms with van der Waals surface area (Å²) in [5, 5.41) is 8.64. The molecule has 0 spiro atoms. The molecule has 27 heavy (non-hydrogen) atoms. The van der Waals surface area contributed by atoms with E-state index in [2.05, 4.69) is 15.4 Å². The fourth-order valence-electron chi connectivity index (χ4n) is 2.44. The summed E-state index contributed by atoms with van der Waals surface area (Å²) in [6.45, 7) is 2.02. The number of carbonyl (C=O) groups excluding carboxylic acids is 1. The highest BCUT2D eigenvalue weighted by Crippen LogP contribution is 2.36. The summed E-state index contributed by atoms with van der Waals surface area (Å²) in [6.07, 6.45) is -3.70. The number of halogens is 3. The molecular formula is C17H16F3N5OS. The number of nitrogens with one attached hydrogen (secondary N) is 1. The van der Waals surface area contributed by atoms with Crippen molar-refractivity contribution in [3.63, 3.8) is 0 Å². The second-order valence-electron chi connectivity index (χ2n) is 5.82. The van der Waals surface area contributed by atoms with Crippen molar-refractivity contribution in [2.75, 3.05) is 12.4 Å². The zero-order chi connectivity index (χ0) is 19.6. The van der Waals surface area contributed by atoms with E-state index in [4.69, 9.17) is 0 Å². The van der Waals surface area contributed by atoms with Crippen LogP contribution in [0.5, 0.6) is 0 Å². The van der Waals surface area contributed by atoms with Crippen LogP contribution in [-0.4, -0.2) is 32.7 Å². The Morgan fingerprint density at radius 1 is 1.30 bits per heavy atom. The summed E-state index contributed by atoms with van der Waals surface area (Å²) in [6, 6.07) is 7.24. The van der Waals surface area contributed by atoms with Crippen molar-refractivity contribution in [1.29, 1.82) is 0 Å². The molecule has 0 saturated carbocycles. The van der Waals surface area contributed by atoms with Gasteiger partial charge in [0.2, 0.25) is 0 Å². The van der Waals surface area contributed by atoms with Crippen LogP contribution >= 0.6 is 11.3 Å². The number of thiazole rings is 1. The summed E-state index contributed by atoms with van der Waals surface area (Å²) in [5.74, 6) is 0. The zero-order valence-electron chi connectivity index (χ0n) is 14.5. The van der Waals surface area contributed by atoms with Gasteiger partial charge in [-0.15, -0.1) is 11.3 Å². The number of aromatic nitrogens is 3. The minimum atomic E-state index is -4.69. The fraction of sp³-hybridized carbons (Fsp3) is 0.235. The van der Waals surface area contributed by atoms with E-state index in [1.165, 1.54) is 35.4 Å². The van der Waals surface area contributed by atoms with E-state index >= 15 is 0 Å². The second-order valence-corrected chi connectivity index (χ2v) is 6.76. The van der Waals surface area contributed by atoms with Crippen molar-refractivity contribution < 1.29 is 18.0 Å². The molecule has 6 nitrogen and oxygen atoms in total. The van der Waals surface area contributed by atoms with Crippen molar-refractivity contribution in [1.82, 2.24) is 19.7 Å². The van der Waals surface area contributed by atoms with Gasteiger partial charge in [0.25, 0.3) is 0 Å². The number of amides is 2. The monoisotopic (exact) mass is 395 g/mol. The summed E-state index contributed by atoms with van der Waals surface area (Å²) >= 11 is 1.38. The fourth-order valence-corrected chi connectivity index (χ4v) is 3.26. The Labute approximate surface area is 157 Å². The average Bonchev–Trinajstić information content (AvgIpc) is 3.21. The number of hydrogen-bond acceptors (Lipinski definition) is 4. The molecule has 10 heteroatoms. The summed E-state index contributed by atoms with van der Waals surface area (Å²) in [5.41, 5.74) is -0.372. The molecule has 0 radical (unpaired) electrons. The normalized spacial score (nSPS) is 11.4. The Hall–Kier alpha value is -2.88. The van der Waals surface area contributed by atoms with Crippen LogP contribution in [0.2, 0.25) is 0 Å². The van der Waals surface area contributed by atoms with Gasteiger partial charge >= 0.3 is 12.2 Å². The molecule has 0 fully saturated rings. The third-order valence-corrected chi connectivity index (χ3v) is 4.62. The standard InChI is InChI=1S/C17H16F3N5OS/c1-11-10-27-14(22-11)9-24(2)16(26)23-13-8-21-25(15(13)17(18,19)20)12-6-4-3-5-7-12/h3-8,10H,9H2,1-2H3,(H,23,26). The number of benzene rings is 1. The van der Waals surface area contributed by atoms with Crippen LogP contribution in [0.4, 0.5) is 23.7 Å². The highest BCUT2D eigenvalue weighted by atomic mass is 32.1. The van der Waals surface area contributed by atoms with Gasteiger partial charge in [-0.2, -0.15) is 18.3 Å². The number of carbonyl (C=O) groups is 1. The van der Waals surface area contributed by atoms with Gasteiger partial charge < -0.3 is 10.2 Å². The van der Waals surface area contributed by atoms with Gasteiger partial charge in [-0.05, 0) is 19.1 Å². The second kappa shape index (κ2) is 7.39. The SMILES string of the molecule is Cc1csc(CN(C)C(=O)Nc2cnn(-c3ccccc3)c2C(F)(F)F)n1. The Morgan fingerprint density at radius 2 is 2.00 bits per heavy atom. The van der Waals surface area contributed by atoms with Gasteiger partial charge in [0, 0.05) is 18.1 Å². The quantitative estimate of drug-likeness (QED) is 0.716. The van der Waals surface area contributed by atoms with Gasteiger partial charge in [-0.3, -0.25) is 0 Å². The first-order valence-corrected chi connectivity index (χ1v) is 8.77. The van der Waals surface area contributed by atoms with Gasteiger partial charge in [-0.1, -0.05) is 18.2 Å². The molecule has 0 atom stereocenters. The van der Waals surface area contributed by atoms with Gasteiger partial charge in [-0.25, -0.2) is 14.5 Å². The predicted molar refractivity (Wildman–Crippen MR) is 95.9 cm³/mol. The number of urea groups is 1. The number of para-hydroxylation sites is 1. The van der Waals surface area contributed by atoms with Crippen molar-refractivity contribution >= 4 is 23.1 Å². The summed E-state index contributed by atoms with van der Waals surface area (Å²) in [4.78, 5) is 17.8. The molecule has 3 aromatic rings. The van der Waals surface area contributed by atoms with Crippen LogP contribution in [0, 0.1) is 6.92 Å². The molecule has 0 aliphatic rings. The molecule has 1 N–H and O–H groups in total. The Bertz CT molecular complexity index is 936. The van der Waals surface area contributed by atoms with E-state index in [-0.39, 0.29) is 12.2 Å². The third-order valence-electron chi connectivity index (χ3n) is 3.67. The van der Waals surface area contributed by atoms with E-state index in [0.29, 0.717) is 5.01 Å². The van der Waals surface area contributed by atoms with Crippen molar-refractivity contribution in [2.24, 2.45) is 0 Å². The molecular weight excluding hydrogens is 379 g/mol. The smallest absolute Gasteiger partial charge is 0.321 e. The van der Waals surface area contributed by atoms with E-state index < -0.39 is 23.6 Å². The Balaban J connectivity index is 1.84. The molecule has 3 rings (SSSR count). The van der Waals surface area contributed by atoms with E-state index in [0.717, 1.165) is 16.6 Å². The lowest BCUT2D eigenvalue weighted by Gasteiger charge is -2.18. The molecule has 2 amide bonds. The largest absolute Gasteiger partial charge is 0.435 e. The molecule has 2 heterocycles. The third kappa shape index (κ3) is 4.27. The minimum Gasteiger partial charge on any atom is -0.321 e. The molecule has 2 aromatic heterocycles. The zero-order valence-corrected chi connectivity index (χ0v) is 15.3. The highest BCUT2D eigenvalue weighted by molar-refractivity contribution is 7.09. The van der Waals surface area contributed by atoms with Gasteiger partial charge in [0.15, 0.2) is 5.69 Å². The lowest BCUT2D eigenvalue weighted by molar-refractivity contribution is -0.142. The van der Waals surface area contributed by atoms with Gasteiger partial charge in [0.05, 0.1) is 24.1 Å². The number of alkyl halides is 3.